The van der Waals surface area contributed by atoms with Gasteiger partial charge in [0, 0.05) is 11.3 Å². The summed E-state index contributed by atoms with van der Waals surface area (Å²) in [6.45, 7) is 0. The highest BCUT2D eigenvalue weighted by Gasteiger charge is 2.49. The Morgan fingerprint density at radius 2 is 1.90 bits per heavy atom. The van der Waals surface area contributed by atoms with Gasteiger partial charge in [-0.25, -0.2) is 0 Å². The van der Waals surface area contributed by atoms with E-state index < -0.39 is 23.7 Å². The van der Waals surface area contributed by atoms with Crippen molar-refractivity contribution in [3.8, 4) is 0 Å². The molecule has 31 heavy (non-hydrogen) atoms. The Balaban J connectivity index is 1.79. The second-order valence-corrected chi connectivity index (χ2v) is 8.32. The van der Waals surface area contributed by atoms with Crippen LogP contribution in [-0.4, -0.2) is 41.9 Å². The number of amides is 2. The zero-order valence-electron chi connectivity index (χ0n) is 17.3. The van der Waals surface area contributed by atoms with Crippen LogP contribution < -0.4 is 21.3 Å². The lowest BCUT2D eigenvalue weighted by Gasteiger charge is -2.35. The zero-order chi connectivity index (χ0) is 22.3. The normalized spacial score (nSPS) is 14.9. The first-order chi connectivity index (χ1) is 14.7. The average Bonchev–Trinajstić information content (AvgIpc) is 3.53. The van der Waals surface area contributed by atoms with Crippen LogP contribution in [0.1, 0.15) is 23.2 Å². The van der Waals surface area contributed by atoms with Crippen LogP contribution in [0, 0.1) is 11.7 Å². The summed E-state index contributed by atoms with van der Waals surface area (Å²) < 4.78 is 14.9. The number of rotatable bonds is 7. The molecule has 5 N–H and O–H groups in total. The molecule has 0 bridgehead atoms. The Hall–Kier alpha value is -3.59. The molecule has 1 aliphatic rings. The average molecular weight is 423 g/mol. The van der Waals surface area contributed by atoms with Gasteiger partial charge < -0.3 is 16.8 Å². The van der Waals surface area contributed by atoms with Crippen LogP contribution in [0.2, 0.25) is 0 Å². The molecule has 0 radical (unpaired) electrons. The number of nitrogens with one attached hydrogen (secondary N) is 1. The predicted molar refractivity (Wildman–Crippen MR) is 117 cm³/mol. The minimum absolute atomic E-state index is 0.00283. The number of primary amides is 2. The van der Waals surface area contributed by atoms with Crippen LogP contribution in [0.4, 0.5) is 21.7 Å². The van der Waals surface area contributed by atoms with Crippen molar-refractivity contribution in [2.24, 2.45) is 17.4 Å². The van der Waals surface area contributed by atoms with E-state index in [1.807, 2.05) is 30.3 Å². The number of benzene rings is 1. The second kappa shape index (κ2) is 7.59. The topological polar surface area (TPSA) is 124 Å². The minimum atomic E-state index is -0.826. The molecule has 8 nitrogen and oxygen atoms in total. The molecule has 4 rings (SSSR count). The Labute approximate surface area is 178 Å². The molecule has 1 saturated carbocycles. The summed E-state index contributed by atoms with van der Waals surface area (Å²) in [4.78, 5) is 32.9. The van der Waals surface area contributed by atoms with Crippen molar-refractivity contribution in [1.29, 1.82) is 0 Å². The number of carbonyl (C=O) groups excluding carboxylic acids is 2. The van der Waals surface area contributed by atoms with Gasteiger partial charge in [-0.2, -0.15) is 9.37 Å². The highest BCUT2D eigenvalue weighted by Crippen LogP contribution is 2.40. The summed E-state index contributed by atoms with van der Waals surface area (Å²) in [5.41, 5.74) is 12.4. The number of aromatic nitrogens is 2. The molecule has 1 aliphatic carbocycles. The van der Waals surface area contributed by atoms with Gasteiger partial charge in [-0.05, 0) is 31.0 Å². The number of hydrogen-bond acceptors (Lipinski definition) is 5. The minimum Gasteiger partial charge on any atom is -0.365 e. The van der Waals surface area contributed by atoms with E-state index in [9.17, 15) is 9.59 Å². The number of quaternary nitrogens is 1. The van der Waals surface area contributed by atoms with Crippen molar-refractivity contribution in [3.63, 3.8) is 0 Å². The molecule has 1 fully saturated rings. The molecule has 2 amide bonds. The van der Waals surface area contributed by atoms with Gasteiger partial charge in [-0.15, -0.1) is 0 Å². The lowest BCUT2D eigenvalue weighted by Crippen LogP contribution is -2.58. The van der Waals surface area contributed by atoms with Gasteiger partial charge in [0.15, 0.2) is 6.04 Å². The van der Waals surface area contributed by atoms with E-state index in [1.165, 1.54) is 0 Å². The van der Waals surface area contributed by atoms with Gasteiger partial charge in [0.05, 0.1) is 37.1 Å². The van der Waals surface area contributed by atoms with E-state index in [4.69, 9.17) is 11.5 Å². The molecule has 0 spiro atoms. The van der Waals surface area contributed by atoms with E-state index in [0.717, 1.165) is 29.8 Å². The third-order valence-corrected chi connectivity index (χ3v) is 5.68. The van der Waals surface area contributed by atoms with Crippen molar-refractivity contribution in [2.75, 3.05) is 19.4 Å². The summed E-state index contributed by atoms with van der Waals surface area (Å²) in [5, 5.41) is 3.91. The van der Waals surface area contributed by atoms with Gasteiger partial charge in [0.25, 0.3) is 17.6 Å². The van der Waals surface area contributed by atoms with Crippen LogP contribution in [0.15, 0.2) is 42.6 Å². The predicted octanol–water partition coefficient (Wildman–Crippen LogP) is 2.44. The molecule has 3 aromatic rings. The number of hydrogen-bond donors (Lipinski definition) is 3. The number of anilines is 2. The molecule has 9 heteroatoms. The fraction of sp³-hybridized carbons (Fsp3) is 0.273. The first kappa shape index (κ1) is 20.7. The van der Waals surface area contributed by atoms with Crippen LogP contribution in [-0.2, 0) is 4.79 Å². The number of nitrogens with two attached hydrogens (primary N) is 2. The number of pyridine rings is 2. The summed E-state index contributed by atoms with van der Waals surface area (Å²) in [5.74, 6) is -1.91. The van der Waals surface area contributed by atoms with Crippen LogP contribution in [0.25, 0.3) is 10.9 Å². The summed E-state index contributed by atoms with van der Waals surface area (Å²) in [6, 6.07) is 9.82. The van der Waals surface area contributed by atoms with Crippen molar-refractivity contribution in [1.82, 2.24) is 14.5 Å². The number of fused-ring (bicyclic) bond motifs is 1. The standard InChI is InChI=1S/C22H23FN6O2/c1-29(2,18(20(25)31)12-7-8-12)22-16(23)10-15(19(24)30)21(28-22)27-14-9-13-5-3-4-6-17(13)26-11-14/h3-6,9-12,18H,7-8H2,1-2H3,(H4-,24,25,27,28,30,31)/p+1. The molecule has 160 valence electrons. The number of nitrogens with zero attached hydrogens (tertiary/aromatic N) is 3. The first-order valence-corrected chi connectivity index (χ1v) is 9.94. The van der Waals surface area contributed by atoms with Crippen molar-refractivity contribution in [3.05, 3.63) is 54.0 Å². The van der Waals surface area contributed by atoms with Gasteiger partial charge in [0.2, 0.25) is 5.82 Å². The van der Waals surface area contributed by atoms with Crippen molar-refractivity contribution < 1.29 is 14.0 Å². The van der Waals surface area contributed by atoms with Crippen molar-refractivity contribution in [2.45, 2.75) is 18.9 Å². The number of likely N-dealkylation sites (N-methyl/N-ethyl adjacent to an activating group) is 1. The van der Waals surface area contributed by atoms with Crippen LogP contribution >= 0.6 is 0 Å². The van der Waals surface area contributed by atoms with E-state index in [-0.39, 0.29) is 27.6 Å². The van der Waals surface area contributed by atoms with Gasteiger partial charge in [0.1, 0.15) is 5.82 Å². The molecular weight excluding hydrogens is 399 g/mol. The van der Waals surface area contributed by atoms with Gasteiger partial charge in [-0.1, -0.05) is 18.2 Å². The number of para-hydroxylation sites is 1. The zero-order valence-corrected chi connectivity index (χ0v) is 17.3. The molecular formula is C22H24FN6O2+. The fourth-order valence-corrected chi connectivity index (χ4v) is 4.06. The van der Waals surface area contributed by atoms with E-state index in [1.54, 1.807) is 20.3 Å². The Morgan fingerprint density at radius 1 is 1.19 bits per heavy atom. The van der Waals surface area contributed by atoms with Crippen molar-refractivity contribution >= 4 is 40.0 Å². The number of halogens is 1. The SMILES string of the molecule is C[N+](C)(c1nc(Nc2cnc3ccccc3c2)c(C(N)=O)cc1F)C(C(N)=O)C1CC1. The maximum atomic E-state index is 15.1. The largest absolute Gasteiger partial charge is 0.365 e. The molecule has 1 unspecified atom stereocenters. The molecule has 1 aromatic carbocycles. The lowest BCUT2D eigenvalue weighted by molar-refractivity contribution is -0.122. The van der Waals surface area contributed by atoms with E-state index in [2.05, 4.69) is 15.3 Å². The Kier molecular flexibility index (Phi) is 5.06. The maximum absolute atomic E-state index is 15.1. The summed E-state index contributed by atoms with van der Waals surface area (Å²) in [6.07, 6.45) is 3.29. The summed E-state index contributed by atoms with van der Waals surface area (Å²) in [7, 11) is 3.37. The Bertz CT molecular complexity index is 1190. The molecule has 1 atom stereocenters. The smallest absolute Gasteiger partial charge is 0.276 e. The van der Waals surface area contributed by atoms with Crippen LogP contribution in [0.5, 0.6) is 0 Å². The monoisotopic (exact) mass is 423 g/mol. The molecule has 0 aliphatic heterocycles. The lowest BCUT2D eigenvalue weighted by atomic mass is 10.1. The quantitative estimate of drug-likeness (QED) is 0.504. The van der Waals surface area contributed by atoms with Gasteiger partial charge >= 0.3 is 0 Å². The second-order valence-electron chi connectivity index (χ2n) is 8.32. The third-order valence-electron chi connectivity index (χ3n) is 5.68. The first-order valence-electron chi connectivity index (χ1n) is 9.94. The van der Waals surface area contributed by atoms with Crippen LogP contribution in [0.3, 0.4) is 0 Å². The summed E-state index contributed by atoms with van der Waals surface area (Å²) >= 11 is 0. The highest BCUT2D eigenvalue weighted by atomic mass is 19.1. The third kappa shape index (κ3) is 3.91. The van der Waals surface area contributed by atoms with E-state index in [0.29, 0.717) is 5.69 Å². The molecule has 0 saturated heterocycles. The maximum Gasteiger partial charge on any atom is 0.276 e. The number of carbonyl (C=O) groups is 2. The van der Waals surface area contributed by atoms with E-state index >= 15 is 4.39 Å². The fourth-order valence-electron chi connectivity index (χ4n) is 4.06. The molecule has 2 aromatic heterocycles. The van der Waals surface area contributed by atoms with Gasteiger partial charge in [-0.3, -0.25) is 19.1 Å². The Morgan fingerprint density at radius 3 is 2.55 bits per heavy atom. The highest BCUT2D eigenvalue weighted by molar-refractivity contribution is 5.99. The molecule has 2 heterocycles.